The van der Waals surface area contributed by atoms with E-state index in [1.165, 1.54) is 18.7 Å². The first-order chi connectivity index (χ1) is 7.54. The molecule has 0 atom stereocenters. The number of hydrogen-bond donors (Lipinski definition) is 0. The number of carbonyl (C=O) groups excluding carboxylic acids is 1. The van der Waals surface area contributed by atoms with Gasteiger partial charge in [0.15, 0.2) is 0 Å². The molecule has 0 N–H and O–H groups in total. The van der Waals surface area contributed by atoms with E-state index in [-0.39, 0.29) is 5.97 Å². The molecule has 1 aromatic carbocycles. The molecular weight excluding hydrogens is 200 g/mol. The van der Waals surface area contributed by atoms with Crippen molar-refractivity contribution < 1.29 is 9.53 Å². The van der Waals surface area contributed by atoms with Gasteiger partial charge in [0.2, 0.25) is 0 Å². The van der Waals surface area contributed by atoms with Crippen molar-refractivity contribution in [3.05, 3.63) is 41.5 Å². The van der Waals surface area contributed by atoms with Crippen LogP contribution in [-0.4, -0.2) is 13.1 Å². The van der Waals surface area contributed by atoms with Crippen LogP contribution in [0.4, 0.5) is 0 Å². The maximum atomic E-state index is 11.1. The van der Waals surface area contributed by atoms with Crippen molar-refractivity contribution in [3.8, 4) is 0 Å². The summed E-state index contributed by atoms with van der Waals surface area (Å²) < 4.78 is 4.59. The van der Waals surface area contributed by atoms with Crippen LogP contribution in [0.25, 0.3) is 5.57 Å². The quantitative estimate of drug-likeness (QED) is 0.574. The van der Waals surface area contributed by atoms with E-state index in [9.17, 15) is 4.79 Å². The Balaban J connectivity index is 2.89. The van der Waals surface area contributed by atoms with E-state index in [1.807, 2.05) is 19.1 Å². The minimum atomic E-state index is -0.314. The summed E-state index contributed by atoms with van der Waals surface area (Å²) >= 11 is 0. The third-order valence-corrected chi connectivity index (χ3v) is 2.57. The fourth-order valence-corrected chi connectivity index (χ4v) is 1.45. The van der Waals surface area contributed by atoms with Crippen molar-refractivity contribution in [2.24, 2.45) is 0 Å². The van der Waals surface area contributed by atoms with E-state index in [1.54, 1.807) is 0 Å². The lowest BCUT2D eigenvalue weighted by molar-refractivity contribution is -0.134. The Bertz CT molecular complexity index is 386. The molecule has 0 unspecified atom stereocenters. The zero-order valence-corrected chi connectivity index (χ0v) is 10.3. The van der Waals surface area contributed by atoms with Crippen LogP contribution in [0.15, 0.2) is 30.3 Å². The van der Waals surface area contributed by atoms with Gasteiger partial charge in [-0.15, -0.1) is 0 Å². The number of rotatable bonds is 3. The largest absolute Gasteiger partial charge is 0.466 e. The van der Waals surface area contributed by atoms with Gasteiger partial charge in [0, 0.05) is 6.08 Å². The highest BCUT2D eigenvalue weighted by atomic mass is 16.5. The van der Waals surface area contributed by atoms with Crippen molar-refractivity contribution in [2.75, 3.05) is 7.11 Å². The number of ether oxygens (including phenoxy) is 1. The van der Waals surface area contributed by atoms with Crippen LogP contribution in [-0.2, 0) is 9.53 Å². The maximum absolute atomic E-state index is 11.1. The zero-order valence-electron chi connectivity index (χ0n) is 10.3. The lowest BCUT2D eigenvalue weighted by atomic mass is 9.99. The van der Waals surface area contributed by atoms with Gasteiger partial charge in [-0.25, -0.2) is 4.79 Å². The van der Waals surface area contributed by atoms with Crippen molar-refractivity contribution in [2.45, 2.75) is 26.7 Å². The summed E-state index contributed by atoms with van der Waals surface area (Å²) in [4.78, 5) is 11.1. The maximum Gasteiger partial charge on any atom is 0.330 e. The van der Waals surface area contributed by atoms with Crippen LogP contribution < -0.4 is 0 Å². The summed E-state index contributed by atoms with van der Waals surface area (Å²) in [7, 11) is 1.38. The smallest absolute Gasteiger partial charge is 0.330 e. The highest BCUT2D eigenvalue weighted by Crippen LogP contribution is 2.19. The minimum Gasteiger partial charge on any atom is -0.466 e. The second-order valence-electron chi connectivity index (χ2n) is 4.13. The number of allylic oxidation sites excluding steroid dienone is 1. The molecule has 2 nitrogen and oxygen atoms in total. The molecule has 1 rings (SSSR count). The SMILES string of the molecule is COC(=O)/C=C(\C)c1ccc(C(C)C)cc1. The Morgan fingerprint density at radius 2 is 1.81 bits per heavy atom. The molecule has 0 aromatic heterocycles. The van der Waals surface area contributed by atoms with Gasteiger partial charge in [-0.2, -0.15) is 0 Å². The Morgan fingerprint density at radius 1 is 1.25 bits per heavy atom. The molecule has 0 radical (unpaired) electrons. The summed E-state index contributed by atoms with van der Waals surface area (Å²) in [6, 6.07) is 8.25. The number of benzene rings is 1. The van der Waals surface area contributed by atoms with E-state index in [0.29, 0.717) is 5.92 Å². The third kappa shape index (κ3) is 3.23. The van der Waals surface area contributed by atoms with Crippen LogP contribution in [0.1, 0.15) is 37.8 Å². The highest BCUT2D eigenvalue weighted by Gasteiger charge is 2.02. The topological polar surface area (TPSA) is 26.3 Å². The third-order valence-electron chi connectivity index (χ3n) is 2.57. The summed E-state index contributed by atoms with van der Waals surface area (Å²) in [5.41, 5.74) is 3.27. The Kier molecular flexibility index (Phi) is 4.29. The van der Waals surface area contributed by atoms with Gasteiger partial charge in [-0.05, 0) is 29.5 Å². The minimum absolute atomic E-state index is 0.314. The van der Waals surface area contributed by atoms with Gasteiger partial charge in [0.25, 0.3) is 0 Å². The van der Waals surface area contributed by atoms with E-state index in [0.717, 1.165) is 11.1 Å². The molecule has 0 amide bonds. The molecule has 86 valence electrons. The van der Waals surface area contributed by atoms with Gasteiger partial charge >= 0.3 is 5.97 Å². The predicted molar refractivity (Wildman–Crippen MR) is 66.2 cm³/mol. The molecule has 2 heteroatoms. The standard InChI is InChI=1S/C14H18O2/c1-10(2)12-5-7-13(8-6-12)11(3)9-14(15)16-4/h5-10H,1-4H3/b11-9+. The van der Waals surface area contributed by atoms with Crippen LogP contribution in [0.2, 0.25) is 0 Å². The van der Waals surface area contributed by atoms with Crippen LogP contribution in [0.5, 0.6) is 0 Å². The van der Waals surface area contributed by atoms with Gasteiger partial charge < -0.3 is 4.74 Å². The van der Waals surface area contributed by atoms with Crippen molar-refractivity contribution in [1.29, 1.82) is 0 Å². The van der Waals surface area contributed by atoms with E-state index < -0.39 is 0 Å². The van der Waals surface area contributed by atoms with Crippen LogP contribution in [0, 0.1) is 0 Å². The average Bonchev–Trinajstić information content (AvgIpc) is 2.28. The average molecular weight is 218 g/mol. The second kappa shape index (κ2) is 5.50. The Labute approximate surface area is 96.9 Å². The Hall–Kier alpha value is -1.57. The van der Waals surface area contributed by atoms with Crippen LogP contribution in [0.3, 0.4) is 0 Å². The lowest BCUT2D eigenvalue weighted by Gasteiger charge is -2.07. The number of carbonyl (C=O) groups is 1. The van der Waals surface area contributed by atoms with Gasteiger partial charge in [-0.3, -0.25) is 0 Å². The van der Waals surface area contributed by atoms with E-state index in [2.05, 4.69) is 30.7 Å². The van der Waals surface area contributed by atoms with Crippen LogP contribution >= 0.6 is 0 Å². The summed E-state index contributed by atoms with van der Waals surface area (Å²) in [5.74, 6) is 0.212. The fraction of sp³-hybridized carbons (Fsp3) is 0.357. The first kappa shape index (κ1) is 12.5. The van der Waals surface area contributed by atoms with Gasteiger partial charge in [0.05, 0.1) is 7.11 Å². The molecule has 16 heavy (non-hydrogen) atoms. The first-order valence-electron chi connectivity index (χ1n) is 5.41. The molecule has 0 aliphatic carbocycles. The van der Waals surface area contributed by atoms with Gasteiger partial charge in [0.1, 0.15) is 0 Å². The van der Waals surface area contributed by atoms with E-state index >= 15 is 0 Å². The number of esters is 1. The molecule has 0 saturated carbocycles. The summed E-state index contributed by atoms with van der Waals surface area (Å²) in [6.45, 7) is 6.22. The lowest BCUT2D eigenvalue weighted by Crippen LogP contribution is -1.96. The van der Waals surface area contributed by atoms with Crippen molar-refractivity contribution in [3.63, 3.8) is 0 Å². The first-order valence-corrected chi connectivity index (χ1v) is 5.41. The molecule has 0 bridgehead atoms. The molecule has 0 spiro atoms. The second-order valence-corrected chi connectivity index (χ2v) is 4.13. The fourth-order valence-electron chi connectivity index (χ4n) is 1.45. The number of methoxy groups -OCH3 is 1. The molecule has 0 fully saturated rings. The normalized spacial score (nSPS) is 11.7. The van der Waals surface area contributed by atoms with Gasteiger partial charge in [-0.1, -0.05) is 38.1 Å². The highest BCUT2D eigenvalue weighted by molar-refractivity contribution is 5.90. The molecule has 0 saturated heterocycles. The molecule has 0 heterocycles. The van der Waals surface area contributed by atoms with Crippen molar-refractivity contribution >= 4 is 11.5 Å². The monoisotopic (exact) mass is 218 g/mol. The summed E-state index contributed by atoms with van der Waals surface area (Å²) in [5, 5.41) is 0. The predicted octanol–water partition coefficient (Wildman–Crippen LogP) is 3.39. The van der Waals surface area contributed by atoms with Crippen molar-refractivity contribution in [1.82, 2.24) is 0 Å². The van der Waals surface area contributed by atoms with E-state index in [4.69, 9.17) is 0 Å². The zero-order chi connectivity index (χ0) is 12.1. The molecule has 0 aliphatic rings. The molecule has 1 aromatic rings. The molecule has 0 aliphatic heterocycles. The summed E-state index contributed by atoms with van der Waals surface area (Å²) in [6.07, 6.45) is 1.50. The molecular formula is C14H18O2. The number of hydrogen-bond acceptors (Lipinski definition) is 2. The Morgan fingerprint density at radius 3 is 2.25 bits per heavy atom.